The van der Waals surface area contributed by atoms with Gasteiger partial charge in [0, 0.05) is 36.1 Å². The van der Waals surface area contributed by atoms with Crippen molar-refractivity contribution in [3.8, 4) is 5.75 Å². The molecule has 4 rings (SSSR count). The summed E-state index contributed by atoms with van der Waals surface area (Å²) in [4.78, 5) is 38.3. The number of Topliss-reactive ketones (excluding diaryl/α,β-unsaturated/α-hetero) is 1. The summed E-state index contributed by atoms with van der Waals surface area (Å²) < 4.78 is 5.20. The van der Waals surface area contributed by atoms with Gasteiger partial charge in [-0.25, -0.2) is 0 Å². The van der Waals surface area contributed by atoms with Gasteiger partial charge in [0.15, 0.2) is 5.78 Å². The number of nitro groups is 1. The van der Waals surface area contributed by atoms with Crippen molar-refractivity contribution in [3.63, 3.8) is 0 Å². The highest BCUT2D eigenvalue weighted by molar-refractivity contribution is 6.32. The molecule has 0 fully saturated rings. The van der Waals surface area contributed by atoms with Crippen LogP contribution in [0.2, 0.25) is 5.02 Å². The number of carbonyl (C=O) groups excluding carboxylic acids is 2. The van der Waals surface area contributed by atoms with Gasteiger partial charge >= 0.3 is 0 Å². The van der Waals surface area contributed by atoms with Crippen LogP contribution in [-0.2, 0) is 9.59 Å². The lowest BCUT2D eigenvalue weighted by atomic mass is 9.77. The molecule has 8 heteroatoms. The number of anilines is 1. The van der Waals surface area contributed by atoms with Crippen molar-refractivity contribution in [1.82, 2.24) is 0 Å². The number of hydrogen-bond donors (Lipinski definition) is 0. The van der Waals surface area contributed by atoms with Gasteiger partial charge < -0.3 is 4.74 Å². The van der Waals surface area contributed by atoms with Crippen molar-refractivity contribution >= 4 is 34.7 Å². The number of ketones is 1. The Morgan fingerprint density at radius 1 is 1.13 bits per heavy atom. The highest BCUT2D eigenvalue weighted by atomic mass is 35.5. The van der Waals surface area contributed by atoms with Gasteiger partial charge in [-0.3, -0.25) is 24.6 Å². The van der Waals surface area contributed by atoms with Gasteiger partial charge in [0.1, 0.15) is 10.8 Å². The highest BCUT2D eigenvalue weighted by Crippen LogP contribution is 2.44. The van der Waals surface area contributed by atoms with Gasteiger partial charge in [0.2, 0.25) is 5.91 Å². The van der Waals surface area contributed by atoms with Gasteiger partial charge in [-0.2, -0.15) is 0 Å². The molecule has 2 aromatic carbocycles. The number of allylic oxidation sites excluding steroid dienone is 2. The third-order valence-corrected chi connectivity index (χ3v) is 5.90. The summed E-state index contributed by atoms with van der Waals surface area (Å²) in [6.45, 7) is 0. The average molecular weight is 427 g/mol. The van der Waals surface area contributed by atoms with E-state index in [0.29, 0.717) is 42.0 Å². The molecule has 0 radical (unpaired) electrons. The summed E-state index contributed by atoms with van der Waals surface area (Å²) >= 11 is 5.93. The lowest BCUT2D eigenvalue weighted by Crippen LogP contribution is -2.40. The number of halogens is 1. The van der Waals surface area contributed by atoms with Gasteiger partial charge in [-0.1, -0.05) is 23.7 Å². The van der Waals surface area contributed by atoms with Crippen molar-refractivity contribution in [1.29, 1.82) is 0 Å². The fraction of sp³-hybridized carbons (Fsp3) is 0.273. The zero-order valence-electron chi connectivity index (χ0n) is 16.3. The zero-order chi connectivity index (χ0) is 21.4. The smallest absolute Gasteiger partial charge is 0.289 e. The first-order valence-electron chi connectivity index (χ1n) is 9.57. The predicted molar refractivity (Wildman–Crippen MR) is 112 cm³/mol. The number of ether oxygens (including phenoxy) is 1. The van der Waals surface area contributed by atoms with E-state index in [0.717, 1.165) is 5.56 Å². The third kappa shape index (κ3) is 3.45. The molecule has 0 N–H and O–H groups in total. The molecule has 1 atom stereocenters. The number of amides is 1. The number of methoxy groups -OCH3 is 1. The van der Waals surface area contributed by atoms with E-state index in [1.54, 1.807) is 13.2 Å². The van der Waals surface area contributed by atoms with Gasteiger partial charge in [0.25, 0.3) is 5.69 Å². The minimum atomic E-state index is -0.582. The van der Waals surface area contributed by atoms with Crippen LogP contribution in [0.1, 0.15) is 37.2 Å². The zero-order valence-corrected chi connectivity index (χ0v) is 17.0. The van der Waals surface area contributed by atoms with E-state index >= 15 is 0 Å². The summed E-state index contributed by atoms with van der Waals surface area (Å²) in [5.74, 6) is 0.156. The summed E-state index contributed by atoms with van der Waals surface area (Å²) in [6, 6.07) is 11.6. The number of carbonyl (C=O) groups is 2. The van der Waals surface area contributed by atoms with Crippen LogP contribution in [0, 0.1) is 10.1 Å². The fourth-order valence-corrected chi connectivity index (χ4v) is 4.38. The molecule has 0 saturated heterocycles. The van der Waals surface area contributed by atoms with Crippen LogP contribution in [0.4, 0.5) is 11.4 Å². The van der Waals surface area contributed by atoms with Crippen LogP contribution >= 0.6 is 11.6 Å². The van der Waals surface area contributed by atoms with E-state index in [4.69, 9.17) is 16.3 Å². The van der Waals surface area contributed by atoms with Gasteiger partial charge in [0.05, 0.1) is 17.7 Å². The quantitative estimate of drug-likeness (QED) is 0.518. The van der Waals surface area contributed by atoms with Crippen molar-refractivity contribution in [3.05, 3.63) is 74.4 Å². The molecule has 1 amide bonds. The molecule has 1 aliphatic heterocycles. The van der Waals surface area contributed by atoms with Crippen LogP contribution in [-0.4, -0.2) is 23.7 Å². The molecule has 1 unspecified atom stereocenters. The maximum atomic E-state index is 13.2. The maximum Gasteiger partial charge on any atom is 0.289 e. The maximum absolute atomic E-state index is 13.2. The Balaban J connectivity index is 1.83. The van der Waals surface area contributed by atoms with Crippen LogP contribution in [0.5, 0.6) is 5.75 Å². The van der Waals surface area contributed by atoms with Crippen molar-refractivity contribution in [2.45, 2.75) is 31.6 Å². The Bertz CT molecular complexity index is 1080. The van der Waals surface area contributed by atoms with E-state index in [1.807, 2.05) is 24.3 Å². The van der Waals surface area contributed by atoms with Crippen LogP contribution in [0.25, 0.3) is 0 Å². The van der Waals surface area contributed by atoms with Gasteiger partial charge in [-0.05, 0) is 42.7 Å². The first kappa shape index (κ1) is 20.1. The van der Waals surface area contributed by atoms with E-state index in [1.165, 1.54) is 17.0 Å². The number of hydrogen-bond acceptors (Lipinski definition) is 5. The molecule has 7 nitrogen and oxygen atoms in total. The second kappa shape index (κ2) is 7.91. The molecule has 2 aliphatic rings. The number of benzene rings is 2. The van der Waals surface area contributed by atoms with E-state index in [-0.39, 0.29) is 34.7 Å². The Morgan fingerprint density at radius 3 is 2.53 bits per heavy atom. The fourth-order valence-electron chi connectivity index (χ4n) is 4.19. The number of rotatable bonds is 4. The molecule has 1 heterocycles. The standard InChI is InChI=1S/C22H19ClN2O5/c1-30-15-8-5-13(6-9-15)16-12-21(27)24(18-3-2-4-20(26)22(16)18)14-7-10-17(23)19(11-14)25(28)29/h5-11,16H,2-4,12H2,1H3. The first-order chi connectivity index (χ1) is 14.4. The molecule has 154 valence electrons. The first-order valence-corrected chi connectivity index (χ1v) is 9.95. The SMILES string of the molecule is COc1ccc(C2CC(=O)N(c3ccc(Cl)c([N+](=O)[O-])c3)C3=C2C(=O)CCC3)cc1. The van der Waals surface area contributed by atoms with E-state index in [2.05, 4.69) is 0 Å². The lowest BCUT2D eigenvalue weighted by molar-refractivity contribution is -0.384. The monoisotopic (exact) mass is 426 g/mol. The topological polar surface area (TPSA) is 89.8 Å². The molecule has 0 aromatic heterocycles. The molecule has 0 bridgehead atoms. The van der Waals surface area contributed by atoms with Crippen molar-refractivity contribution in [2.24, 2.45) is 0 Å². The third-order valence-electron chi connectivity index (χ3n) is 5.58. The molecule has 0 spiro atoms. The Kier molecular flexibility index (Phi) is 5.30. The molecule has 2 aromatic rings. The summed E-state index contributed by atoms with van der Waals surface area (Å²) in [7, 11) is 1.58. The molecular formula is C22H19ClN2O5. The summed E-state index contributed by atoms with van der Waals surface area (Å²) in [5.41, 5.74) is 2.19. The Morgan fingerprint density at radius 2 is 1.87 bits per heavy atom. The second-order valence-corrected chi connectivity index (χ2v) is 7.70. The molecule has 30 heavy (non-hydrogen) atoms. The van der Waals surface area contributed by atoms with E-state index in [9.17, 15) is 19.7 Å². The number of nitrogens with zero attached hydrogens (tertiary/aromatic N) is 2. The Labute approximate surface area is 178 Å². The largest absolute Gasteiger partial charge is 0.497 e. The van der Waals surface area contributed by atoms with Crippen LogP contribution in [0.15, 0.2) is 53.7 Å². The highest BCUT2D eigenvalue weighted by Gasteiger charge is 2.40. The summed E-state index contributed by atoms with van der Waals surface area (Å²) in [6.07, 6.45) is 1.71. The lowest BCUT2D eigenvalue weighted by Gasteiger charge is -2.38. The minimum absolute atomic E-state index is 0.00163. The molecule has 0 saturated carbocycles. The normalized spacial score (nSPS) is 19.0. The predicted octanol–water partition coefficient (Wildman–Crippen LogP) is 4.78. The van der Waals surface area contributed by atoms with Gasteiger partial charge in [-0.15, -0.1) is 0 Å². The Hall–Kier alpha value is -3.19. The summed E-state index contributed by atoms with van der Waals surface area (Å²) in [5, 5.41) is 11.3. The molecule has 1 aliphatic carbocycles. The van der Waals surface area contributed by atoms with Crippen molar-refractivity contribution < 1.29 is 19.2 Å². The van der Waals surface area contributed by atoms with Crippen LogP contribution in [0.3, 0.4) is 0 Å². The van der Waals surface area contributed by atoms with E-state index < -0.39 is 4.92 Å². The minimum Gasteiger partial charge on any atom is -0.497 e. The van der Waals surface area contributed by atoms with Crippen molar-refractivity contribution in [2.75, 3.05) is 12.0 Å². The second-order valence-electron chi connectivity index (χ2n) is 7.29. The number of nitro benzene ring substituents is 1. The average Bonchev–Trinajstić information content (AvgIpc) is 2.74. The molecular weight excluding hydrogens is 408 g/mol. The van der Waals surface area contributed by atoms with Crippen LogP contribution < -0.4 is 9.64 Å².